The average molecular weight is 210 g/mol. The number of carbonyl (C=O) groups is 1. The third kappa shape index (κ3) is 1.75. The molecule has 0 aromatic heterocycles. The van der Waals surface area contributed by atoms with Gasteiger partial charge in [-0.25, -0.2) is 0 Å². The summed E-state index contributed by atoms with van der Waals surface area (Å²) >= 11 is 5.52. The highest BCUT2D eigenvalue weighted by Gasteiger charge is 2.17. The van der Waals surface area contributed by atoms with E-state index in [1.807, 2.05) is 18.2 Å². The maximum atomic E-state index is 11.2. The first-order valence-electron chi connectivity index (χ1n) is 4.83. The summed E-state index contributed by atoms with van der Waals surface area (Å²) in [6.07, 6.45) is 2.40. The van der Waals surface area contributed by atoms with Crippen molar-refractivity contribution in [3.63, 3.8) is 0 Å². The van der Waals surface area contributed by atoms with Gasteiger partial charge < -0.3 is 4.90 Å². The van der Waals surface area contributed by atoms with E-state index in [0.717, 1.165) is 18.8 Å². The van der Waals surface area contributed by atoms with E-state index in [-0.39, 0.29) is 5.24 Å². The van der Waals surface area contributed by atoms with Gasteiger partial charge in [-0.1, -0.05) is 12.1 Å². The summed E-state index contributed by atoms with van der Waals surface area (Å²) in [4.78, 5) is 13.4. The number of carbonyl (C=O) groups excluding carboxylic acids is 1. The lowest BCUT2D eigenvalue weighted by atomic mass is 10.2. The Labute approximate surface area is 88.5 Å². The molecule has 0 radical (unpaired) electrons. The Kier molecular flexibility index (Phi) is 2.73. The Bertz CT molecular complexity index is 345. The van der Waals surface area contributed by atoms with Gasteiger partial charge in [0.05, 0.1) is 5.56 Å². The second-order valence-electron chi connectivity index (χ2n) is 3.49. The van der Waals surface area contributed by atoms with E-state index >= 15 is 0 Å². The largest absolute Gasteiger partial charge is 0.371 e. The van der Waals surface area contributed by atoms with Crippen LogP contribution in [0.4, 0.5) is 5.69 Å². The molecule has 3 heteroatoms. The van der Waals surface area contributed by atoms with Crippen LogP contribution in [0.5, 0.6) is 0 Å². The fraction of sp³-hybridized carbons (Fsp3) is 0.364. The number of para-hydroxylation sites is 1. The van der Waals surface area contributed by atoms with E-state index in [0.29, 0.717) is 5.56 Å². The summed E-state index contributed by atoms with van der Waals surface area (Å²) in [5.41, 5.74) is 1.60. The number of hydrogen-bond donors (Lipinski definition) is 0. The van der Waals surface area contributed by atoms with Crippen LogP contribution in [0.25, 0.3) is 0 Å². The van der Waals surface area contributed by atoms with Crippen molar-refractivity contribution in [2.24, 2.45) is 0 Å². The Hall–Kier alpha value is -1.02. The molecule has 1 fully saturated rings. The minimum atomic E-state index is -0.368. The molecule has 0 unspecified atom stereocenters. The molecule has 14 heavy (non-hydrogen) atoms. The van der Waals surface area contributed by atoms with Gasteiger partial charge in [0.15, 0.2) is 0 Å². The summed E-state index contributed by atoms with van der Waals surface area (Å²) in [6, 6.07) is 7.52. The summed E-state index contributed by atoms with van der Waals surface area (Å²) in [6.45, 7) is 2.06. The molecule has 0 amide bonds. The molecule has 0 bridgehead atoms. The second kappa shape index (κ2) is 4.01. The predicted molar refractivity (Wildman–Crippen MR) is 58.1 cm³/mol. The van der Waals surface area contributed by atoms with Crippen molar-refractivity contribution in [1.82, 2.24) is 0 Å². The Morgan fingerprint density at radius 3 is 2.50 bits per heavy atom. The lowest BCUT2D eigenvalue weighted by Gasteiger charge is -2.19. The Morgan fingerprint density at radius 2 is 1.86 bits per heavy atom. The summed E-state index contributed by atoms with van der Waals surface area (Å²) in [5.74, 6) is 0. The third-order valence-corrected chi connectivity index (χ3v) is 2.77. The van der Waals surface area contributed by atoms with E-state index in [1.54, 1.807) is 6.07 Å². The van der Waals surface area contributed by atoms with Crippen molar-refractivity contribution < 1.29 is 4.79 Å². The van der Waals surface area contributed by atoms with Crippen molar-refractivity contribution in [3.8, 4) is 0 Å². The lowest BCUT2D eigenvalue weighted by Crippen LogP contribution is -2.19. The van der Waals surface area contributed by atoms with Crippen molar-refractivity contribution in [3.05, 3.63) is 29.8 Å². The number of rotatable bonds is 2. The van der Waals surface area contributed by atoms with Gasteiger partial charge in [-0.3, -0.25) is 4.79 Å². The van der Waals surface area contributed by atoms with E-state index in [4.69, 9.17) is 11.6 Å². The van der Waals surface area contributed by atoms with Gasteiger partial charge in [-0.05, 0) is 36.6 Å². The van der Waals surface area contributed by atoms with Crippen LogP contribution < -0.4 is 4.90 Å². The molecule has 74 valence electrons. The molecule has 1 saturated heterocycles. The monoisotopic (exact) mass is 209 g/mol. The van der Waals surface area contributed by atoms with Crippen LogP contribution in [0.2, 0.25) is 0 Å². The predicted octanol–water partition coefficient (Wildman–Crippen LogP) is 2.67. The number of anilines is 1. The molecule has 0 saturated carbocycles. The highest BCUT2D eigenvalue weighted by Crippen LogP contribution is 2.25. The molecule has 0 spiro atoms. The average Bonchev–Trinajstić information content (AvgIpc) is 2.70. The van der Waals surface area contributed by atoms with Crippen LogP contribution >= 0.6 is 11.6 Å². The van der Waals surface area contributed by atoms with Crippen molar-refractivity contribution in [1.29, 1.82) is 0 Å². The van der Waals surface area contributed by atoms with Crippen molar-refractivity contribution in [2.45, 2.75) is 12.8 Å². The van der Waals surface area contributed by atoms with Gasteiger partial charge in [0.2, 0.25) is 0 Å². The maximum Gasteiger partial charge on any atom is 0.254 e. The van der Waals surface area contributed by atoms with Gasteiger partial charge in [0.1, 0.15) is 0 Å². The fourth-order valence-corrected chi connectivity index (χ4v) is 2.03. The van der Waals surface area contributed by atoms with E-state index in [9.17, 15) is 4.79 Å². The molecule has 2 nitrogen and oxygen atoms in total. The van der Waals surface area contributed by atoms with Crippen LogP contribution in [0, 0.1) is 0 Å². The van der Waals surface area contributed by atoms with Crippen molar-refractivity contribution in [2.75, 3.05) is 18.0 Å². The standard InChI is InChI=1S/C11H12ClNO/c12-11(14)9-5-1-2-6-10(9)13-7-3-4-8-13/h1-2,5-6H,3-4,7-8H2. The van der Waals surface area contributed by atoms with Crippen LogP contribution in [0.15, 0.2) is 24.3 Å². The van der Waals surface area contributed by atoms with Crippen molar-refractivity contribution >= 4 is 22.5 Å². The van der Waals surface area contributed by atoms with Crippen LogP contribution in [-0.2, 0) is 0 Å². The van der Waals surface area contributed by atoms with E-state index in [1.165, 1.54) is 12.8 Å². The van der Waals surface area contributed by atoms with Crippen LogP contribution in [0.3, 0.4) is 0 Å². The molecular formula is C11H12ClNO. The minimum Gasteiger partial charge on any atom is -0.371 e. The molecule has 1 aliphatic heterocycles. The second-order valence-corrected chi connectivity index (χ2v) is 3.83. The van der Waals surface area contributed by atoms with Gasteiger partial charge in [0, 0.05) is 18.8 Å². The first kappa shape index (κ1) is 9.53. The first-order chi connectivity index (χ1) is 6.79. The highest BCUT2D eigenvalue weighted by atomic mass is 35.5. The normalized spacial score (nSPS) is 15.9. The fourth-order valence-electron chi connectivity index (χ4n) is 1.87. The number of benzene rings is 1. The zero-order valence-corrected chi connectivity index (χ0v) is 8.63. The number of nitrogens with zero attached hydrogens (tertiary/aromatic N) is 1. The molecule has 0 N–H and O–H groups in total. The molecule has 1 aliphatic rings. The number of hydrogen-bond acceptors (Lipinski definition) is 2. The minimum absolute atomic E-state index is 0.368. The molecule has 0 atom stereocenters. The van der Waals surface area contributed by atoms with Crippen LogP contribution in [0.1, 0.15) is 23.2 Å². The quantitative estimate of drug-likeness (QED) is 0.698. The molecule has 0 aliphatic carbocycles. The Balaban J connectivity index is 2.35. The third-order valence-electron chi connectivity index (χ3n) is 2.56. The van der Waals surface area contributed by atoms with Gasteiger partial charge >= 0.3 is 0 Å². The maximum absolute atomic E-state index is 11.2. The number of halogens is 1. The zero-order chi connectivity index (χ0) is 9.97. The first-order valence-corrected chi connectivity index (χ1v) is 5.20. The molecule has 2 rings (SSSR count). The molecule has 1 heterocycles. The van der Waals surface area contributed by atoms with Gasteiger partial charge in [0.25, 0.3) is 5.24 Å². The Morgan fingerprint density at radius 1 is 1.21 bits per heavy atom. The smallest absolute Gasteiger partial charge is 0.254 e. The lowest BCUT2D eigenvalue weighted by molar-refractivity contribution is 0.108. The van der Waals surface area contributed by atoms with Crippen LogP contribution in [-0.4, -0.2) is 18.3 Å². The summed E-state index contributed by atoms with van der Waals surface area (Å²) in [5, 5.41) is -0.368. The highest BCUT2D eigenvalue weighted by molar-refractivity contribution is 6.68. The summed E-state index contributed by atoms with van der Waals surface area (Å²) < 4.78 is 0. The zero-order valence-electron chi connectivity index (χ0n) is 7.87. The molecule has 1 aromatic carbocycles. The van der Waals surface area contributed by atoms with E-state index < -0.39 is 0 Å². The SMILES string of the molecule is O=C(Cl)c1ccccc1N1CCCC1. The van der Waals surface area contributed by atoms with Gasteiger partial charge in [-0.2, -0.15) is 0 Å². The topological polar surface area (TPSA) is 20.3 Å². The van der Waals surface area contributed by atoms with E-state index in [2.05, 4.69) is 4.90 Å². The molecule has 1 aromatic rings. The summed E-state index contributed by atoms with van der Waals surface area (Å²) in [7, 11) is 0. The molecular weight excluding hydrogens is 198 g/mol. The van der Waals surface area contributed by atoms with Gasteiger partial charge in [-0.15, -0.1) is 0 Å².